The van der Waals surface area contributed by atoms with Gasteiger partial charge >= 0.3 is 0 Å². The van der Waals surface area contributed by atoms with Crippen molar-refractivity contribution in [2.24, 2.45) is 17.3 Å². The van der Waals surface area contributed by atoms with Gasteiger partial charge in [-0.05, 0) is 36.1 Å². The number of allylic oxidation sites excluding steroid dienone is 3. The number of Topliss-reactive ketones (excluding diaryl/α,β-unsaturated/α-hetero) is 2. The molecule has 2 aliphatic carbocycles. The molecule has 1 fully saturated rings. The van der Waals surface area contributed by atoms with Crippen LogP contribution in [0.2, 0.25) is 0 Å². The van der Waals surface area contributed by atoms with Gasteiger partial charge in [-0.25, -0.2) is 0 Å². The molecule has 1 aromatic carbocycles. The van der Waals surface area contributed by atoms with Gasteiger partial charge in [0, 0.05) is 5.92 Å². The maximum absolute atomic E-state index is 13.1. The molecule has 0 aromatic heterocycles. The van der Waals surface area contributed by atoms with Gasteiger partial charge in [0.2, 0.25) is 5.78 Å². The first-order chi connectivity index (χ1) is 11.9. The molecule has 0 amide bonds. The molecule has 132 valence electrons. The largest absolute Gasteiger partial charge is 0.504 e. The smallest absolute Gasteiger partial charge is 0.208 e. The van der Waals surface area contributed by atoms with Crippen LogP contribution >= 0.6 is 0 Å². The minimum atomic E-state index is -0.790. The highest BCUT2D eigenvalue weighted by molar-refractivity contribution is 6.17. The molecule has 0 spiro atoms. The van der Waals surface area contributed by atoms with Gasteiger partial charge in [0.15, 0.2) is 23.0 Å². The van der Waals surface area contributed by atoms with Gasteiger partial charge in [0.1, 0.15) is 0 Å². The van der Waals surface area contributed by atoms with Crippen molar-refractivity contribution in [2.45, 2.75) is 19.3 Å². The average Bonchev–Trinajstić information content (AvgIpc) is 2.75. The molecule has 5 heteroatoms. The van der Waals surface area contributed by atoms with E-state index in [1.54, 1.807) is 24.3 Å². The summed E-state index contributed by atoms with van der Waals surface area (Å²) < 4.78 is 10.4. The second kappa shape index (κ2) is 6.06. The van der Waals surface area contributed by atoms with Crippen molar-refractivity contribution in [3.05, 3.63) is 48.3 Å². The molecule has 5 nitrogen and oxygen atoms in total. The van der Waals surface area contributed by atoms with Crippen LogP contribution in [-0.2, 0) is 14.3 Å². The Morgan fingerprint density at radius 1 is 1.28 bits per heavy atom. The normalized spacial score (nSPS) is 30.8. The highest BCUT2D eigenvalue weighted by Crippen LogP contribution is 2.59. The molecule has 1 N–H and O–H groups in total. The average molecular weight is 342 g/mol. The highest BCUT2D eigenvalue weighted by atomic mass is 16.5. The maximum atomic E-state index is 13.1. The molecule has 0 aliphatic heterocycles. The predicted octanol–water partition coefficient (Wildman–Crippen LogP) is 2.99. The third-order valence-electron chi connectivity index (χ3n) is 5.66. The van der Waals surface area contributed by atoms with Gasteiger partial charge in [0.05, 0.1) is 25.6 Å². The Labute approximate surface area is 146 Å². The van der Waals surface area contributed by atoms with Crippen LogP contribution in [0.25, 0.3) is 0 Å². The molecule has 1 saturated carbocycles. The first-order valence-corrected chi connectivity index (χ1v) is 8.24. The number of fused-ring (bicyclic) bond motifs is 2. The zero-order chi connectivity index (χ0) is 18.4. The molecule has 2 bridgehead atoms. The van der Waals surface area contributed by atoms with Crippen LogP contribution in [0.3, 0.4) is 0 Å². The summed E-state index contributed by atoms with van der Waals surface area (Å²) in [6, 6.07) is 4.98. The summed E-state index contributed by atoms with van der Waals surface area (Å²) in [4.78, 5) is 25.9. The number of ether oxygens (including phenoxy) is 2. The second-order valence-electron chi connectivity index (χ2n) is 6.70. The summed E-state index contributed by atoms with van der Waals surface area (Å²) in [6.07, 6.45) is 3.85. The van der Waals surface area contributed by atoms with Crippen molar-refractivity contribution in [1.82, 2.24) is 0 Å². The lowest BCUT2D eigenvalue weighted by atomic mass is 9.71. The Bertz CT molecular complexity index is 778. The van der Waals surface area contributed by atoms with E-state index >= 15 is 0 Å². The molecule has 0 unspecified atom stereocenters. The molecule has 2 aliphatic rings. The Balaban J connectivity index is 2.16. The van der Waals surface area contributed by atoms with Crippen LogP contribution in [0.1, 0.15) is 24.8 Å². The van der Waals surface area contributed by atoms with Crippen LogP contribution in [0, 0.1) is 17.3 Å². The number of rotatable bonds is 5. The van der Waals surface area contributed by atoms with Crippen molar-refractivity contribution in [1.29, 1.82) is 0 Å². The quantitative estimate of drug-likeness (QED) is 0.658. The lowest BCUT2D eigenvalue weighted by Crippen LogP contribution is -2.38. The van der Waals surface area contributed by atoms with E-state index in [2.05, 4.69) is 6.58 Å². The van der Waals surface area contributed by atoms with E-state index < -0.39 is 11.3 Å². The van der Waals surface area contributed by atoms with Crippen LogP contribution in [0.4, 0.5) is 0 Å². The zero-order valence-corrected chi connectivity index (χ0v) is 14.6. The molecular weight excluding hydrogens is 320 g/mol. The standard InChI is InChI=1S/C20H22O5/c1-5-8-20-10-15(25-4)18(22)17(19(20)23)16(11(20)2)12-6-7-13(21)14(9-12)24-3/h5-7,9-11,16-17,21H,1,8H2,2-4H3/t11-,16+,17+,20+/m0/s1. The number of hydrogen-bond donors (Lipinski definition) is 1. The fourth-order valence-corrected chi connectivity index (χ4v) is 4.36. The number of phenols is 1. The van der Waals surface area contributed by atoms with Gasteiger partial charge in [-0.2, -0.15) is 0 Å². The lowest BCUT2D eigenvalue weighted by molar-refractivity contribution is -0.136. The van der Waals surface area contributed by atoms with E-state index in [1.807, 2.05) is 6.92 Å². The van der Waals surface area contributed by atoms with Crippen molar-refractivity contribution in [2.75, 3.05) is 14.2 Å². The molecule has 0 heterocycles. The Kier molecular flexibility index (Phi) is 4.19. The fourth-order valence-electron chi connectivity index (χ4n) is 4.36. The predicted molar refractivity (Wildman–Crippen MR) is 92.4 cm³/mol. The van der Waals surface area contributed by atoms with Gasteiger partial charge in [-0.1, -0.05) is 19.1 Å². The topological polar surface area (TPSA) is 72.8 Å². The van der Waals surface area contributed by atoms with E-state index in [9.17, 15) is 14.7 Å². The molecule has 1 aromatic rings. The zero-order valence-electron chi connectivity index (χ0n) is 14.6. The Hall–Kier alpha value is -2.56. The number of ketones is 2. The summed E-state index contributed by atoms with van der Waals surface area (Å²) in [5.41, 5.74) is 0.00658. The maximum Gasteiger partial charge on any atom is 0.208 e. The first kappa shape index (κ1) is 17.3. The van der Waals surface area contributed by atoms with Gasteiger partial charge < -0.3 is 14.6 Å². The summed E-state index contributed by atoms with van der Waals surface area (Å²) in [6.45, 7) is 5.76. The fraction of sp³-hybridized carbons (Fsp3) is 0.400. The lowest BCUT2D eigenvalue weighted by Gasteiger charge is -2.31. The minimum absolute atomic E-state index is 0.0223. The third-order valence-corrected chi connectivity index (χ3v) is 5.66. The number of benzene rings is 1. The number of carbonyl (C=O) groups excluding carboxylic acids is 2. The van der Waals surface area contributed by atoms with E-state index in [4.69, 9.17) is 9.47 Å². The monoisotopic (exact) mass is 342 g/mol. The Morgan fingerprint density at radius 3 is 2.60 bits per heavy atom. The molecule has 0 saturated heterocycles. The molecular formula is C20H22O5. The molecule has 3 rings (SSSR count). The third kappa shape index (κ3) is 2.29. The summed E-state index contributed by atoms with van der Waals surface area (Å²) in [7, 11) is 2.92. The summed E-state index contributed by atoms with van der Waals surface area (Å²) in [5, 5.41) is 9.85. The molecule has 25 heavy (non-hydrogen) atoms. The molecule has 0 radical (unpaired) electrons. The van der Waals surface area contributed by atoms with Gasteiger partial charge in [-0.3, -0.25) is 9.59 Å². The van der Waals surface area contributed by atoms with E-state index in [-0.39, 0.29) is 34.9 Å². The van der Waals surface area contributed by atoms with E-state index in [0.29, 0.717) is 12.2 Å². The number of carbonyl (C=O) groups is 2. The van der Waals surface area contributed by atoms with Crippen molar-refractivity contribution in [3.63, 3.8) is 0 Å². The highest BCUT2D eigenvalue weighted by Gasteiger charge is 2.62. The number of phenolic OH excluding ortho intramolecular Hbond substituents is 1. The number of methoxy groups -OCH3 is 2. The number of aromatic hydroxyl groups is 1. The second-order valence-corrected chi connectivity index (χ2v) is 6.70. The molecule has 4 atom stereocenters. The SMILES string of the molecule is C=CC[C@]12C=C(OC)C(=O)[C@H](C1=O)[C@@H](c1ccc(O)c(OC)c1)[C@@H]2C. The van der Waals surface area contributed by atoms with E-state index in [0.717, 1.165) is 5.56 Å². The van der Waals surface area contributed by atoms with Gasteiger partial charge in [-0.15, -0.1) is 6.58 Å². The summed E-state index contributed by atoms with van der Waals surface area (Å²) in [5.74, 6) is -0.989. The van der Waals surface area contributed by atoms with Crippen LogP contribution in [-0.4, -0.2) is 30.9 Å². The Morgan fingerprint density at radius 2 is 2.00 bits per heavy atom. The van der Waals surface area contributed by atoms with Crippen LogP contribution in [0.15, 0.2) is 42.7 Å². The van der Waals surface area contributed by atoms with Crippen molar-refractivity contribution < 1.29 is 24.2 Å². The van der Waals surface area contributed by atoms with Crippen molar-refractivity contribution in [3.8, 4) is 11.5 Å². The van der Waals surface area contributed by atoms with Crippen molar-refractivity contribution >= 4 is 11.6 Å². The summed E-state index contributed by atoms with van der Waals surface area (Å²) >= 11 is 0. The minimum Gasteiger partial charge on any atom is -0.504 e. The number of hydrogen-bond acceptors (Lipinski definition) is 5. The van der Waals surface area contributed by atoms with Gasteiger partial charge in [0.25, 0.3) is 0 Å². The van der Waals surface area contributed by atoms with Crippen LogP contribution in [0.5, 0.6) is 11.5 Å². The van der Waals surface area contributed by atoms with Crippen LogP contribution < -0.4 is 4.74 Å². The van der Waals surface area contributed by atoms with E-state index in [1.165, 1.54) is 20.3 Å². The first-order valence-electron chi connectivity index (χ1n) is 8.24.